The number of hydrogen-bond donors (Lipinski definition) is 9. The number of nitrogens with zero attached hydrogens (tertiary/aromatic N) is 3. The summed E-state index contributed by atoms with van der Waals surface area (Å²) >= 11 is 26.9. The number of hydrogen-bond acceptors (Lipinski definition) is 10. The Labute approximate surface area is 444 Å². The highest BCUT2D eigenvalue weighted by atomic mass is 35.5. The van der Waals surface area contributed by atoms with Gasteiger partial charge in [-0.3, -0.25) is 0 Å². The SMILES string of the molecule is Nc1ncnc2nc(SCCCOc3c4[nH]c5ccc(Cl)cc5c4cc4c3[nH]c3ccc(Cl)cc34)[nH]c12.Oc1ccc(CCNCCCOc2c3[nH]c4ccc(Cl)cc4c3cc3c2[nH]c2ccc(Cl)cc23)cc1O. The number of rotatable bonds is 14. The number of thioether (sulfide) groups is 1. The van der Waals surface area contributed by atoms with Gasteiger partial charge in [0, 0.05) is 91.0 Å². The Morgan fingerprint density at radius 1 is 0.514 bits per heavy atom. The summed E-state index contributed by atoms with van der Waals surface area (Å²) in [5.41, 5.74) is 15.8. The summed E-state index contributed by atoms with van der Waals surface area (Å²) in [4.78, 5) is 29.9. The minimum absolute atomic E-state index is 0.0927. The van der Waals surface area contributed by atoms with Gasteiger partial charge in [0.1, 0.15) is 11.8 Å². The molecule has 0 aliphatic carbocycles. The van der Waals surface area contributed by atoms with E-state index >= 15 is 0 Å². The van der Waals surface area contributed by atoms with Gasteiger partial charge in [0.2, 0.25) is 0 Å². The normalized spacial score (nSPS) is 11.9. The molecule has 0 fully saturated rings. The molecule has 0 aliphatic heterocycles. The average molecular weight is 1080 g/mol. The quantitative estimate of drug-likeness (QED) is 0.0285. The van der Waals surface area contributed by atoms with Crippen molar-refractivity contribution < 1.29 is 19.7 Å². The summed E-state index contributed by atoms with van der Waals surface area (Å²) in [5, 5.41) is 34.4. The number of fused-ring (bicyclic) bond motifs is 13. The Balaban J connectivity index is 0.000000150. The average Bonchev–Trinajstić information content (AvgIpc) is 4.22. The number of phenols is 2. The third-order valence-corrected chi connectivity index (χ3v) is 15.0. The highest BCUT2D eigenvalue weighted by Gasteiger charge is 2.20. The zero-order valence-electron chi connectivity index (χ0n) is 39.1. The number of nitrogens with two attached hydrogens (primary N) is 1. The van der Waals surface area contributed by atoms with Gasteiger partial charge in [-0.1, -0.05) is 64.2 Å². The molecule has 19 heteroatoms. The van der Waals surface area contributed by atoms with Crippen LogP contribution in [-0.4, -0.2) is 82.1 Å². The highest BCUT2D eigenvalue weighted by molar-refractivity contribution is 7.99. The van der Waals surface area contributed by atoms with Crippen molar-refractivity contribution >= 4 is 162 Å². The third-order valence-electron chi connectivity index (χ3n) is 13.1. The van der Waals surface area contributed by atoms with Crippen LogP contribution in [0.2, 0.25) is 20.1 Å². The van der Waals surface area contributed by atoms with Crippen molar-refractivity contribution in [1.82, 2.24) is 45.2 Å². The van der Waals surface area contributed by atoms with Crippen molar-refractivity contribution in [3.8, 4) is 23.0 Å². The first-order valence-corrected chi connectivity index (χ1v) is 26.3. The summed E-state index contributed by atoms with van der Waals surface area (Å²) < 4.78 is 12.9. The van der Waals surface area contributed by atoms with E-state index in [0.29, 0.717) is 50.3 Å². The predicted octanol–water partition coefficient (Wildman–Crippen LogP) is 14.3. The molecule has 0 aliphatic rings. The topological polar surface area (TPSA) is 215 Å². The number of nitrogen functional groups attached to an aromatic ring is 1. The summed E-state index contributed by atoms with van der Waals surface area (Å²) in [5.74, 6) is 2.57. The van der Waals surface area contributed by atoms with Gasteiger partial charge in [0.25, 0.3) is 0 Å². The standard InChI is InChI=1S/C29H25Cl2N3O3.C26H19Cl2N7OS/c30-17-3-5-23-19(13-17)21-15-22-20-14-18(31)4-6-24(20)34-28(22)29(27(21)33-23)37-11-1-9-32-10-8-16-2-7-25(35)26(36)12-16;27-12-2-4-18-14(8-12)16-10-17-15-9-13(28)3-5-19(15)33-21(17)23(20(16)32-18)36-6-1-7-37-26-34-22-24(29)30-11-31-25(22)35-26/h2-7,12-15,32-36H,1,8-11H2;2-5,8-11,32-33H,1,6-7H2,(H3,29,30,31,34,35). The number of phenolic OH excluding ortho intramolecular Hbond substituents is 2. The largest absolute Gasteiger partial charge is 0.504 e. The van der Waals surface area contributed by atoms with Crippen LogP contribution in [0.5, 0.6) is 23.0 Å². The minimum Gasteiger partial charge on any atom is -0.504 e. The highest BCUT2D eigenvalue weighted by Crippen LogP contribution is 2.44. The summed E-state index contributed by atoms with van der Waals surface area (Å²) in [6.45, 7) is 2.60. The zero-order chi connectivity index (χ0) is 50.6. The van der Waals surface area contributed by atoms with Crippen LogP contribution >= 0.6 is 58.2 Å². The Hall–Kier alpha value is -7.24. The number of aromatic nitrogens is 8. The van der Waals surface area contributed by atoms with Crippen LogP contribution in [0.15, 0.2) is 115 Å². The van der Waals surface area contributed by atoms with Crippen LogP contribution in [0, 0.1) is 0 Å². The van der Waals surface area contributed by atoms with Gasteiger partial charge in [-0.15, -0.1) is 0 Å². The van der Waals surface area contributed by atoms with Gasteiger partial charge < -0.3 is 55.7 Å². The molecule has 6 heterocycles. The number of halogens is 4. The Morgan fingerprint density at radius 2 is 1.00 bits per heavy atom. The number of H-pyrrole nitrogens is 5. The lowest BCUT2D eigenvalue weighted by Gasteiger charge is -2.10. The summed E-state index contributed by atoms with van der Waals surface area (Å²) in [6, 6.07) is 32.7. The van der Waals surface area contributed by atoms with E-state index in [1.54, 1.807) is 17.8 Å². The molecule has 13 rings (SSSR count). The van der Waals surface area contributed by atoms with Crippen molar-refractivity contribution in [3.63, 3.8) is 0 Å². The van der Waals surface area contributed by atoms with Crippen molar-refractivity contribution in [2.45, 2.75) is 24.4 Å². The van der Waals surface area contributed by atoms with Gasteiger partial charge in [-0.25, -0.2) is 15.0 Å². The molecule has 0 atom stereocenters. The van der Waals surface area contributed by atoms with E-state index in [1.165, 1.54) is 12.4 Å². The maximum absolute atomic E-state index is 9.65. The molecule has 0 bridgehead atoms. The van der Waals surface area contributed by atoms with E-state index in [0.717, 1.165) is 148 Å². The molecule has 0 spiro atoms. The van der Waals surface area contributed by atoms with E-state index in [9.17, 15) is 10.2 Å². The predicted molar refractivity (Wildman–Crippen MR) is 304 cm³/mol. The van der Waals surface area contributed by atoms with Gasteiger partial charge in [-0.05, 0) is 135 Å². The van der Waals surface area contributed by atoms with Crippen molar-refractivity contribution in [1.29, 1.82) is 0 Å². The second kappa shape index (κ2) is 19.9. The van der Waals surface area contributed by atoms with Crippen molar-refractivity contribution in [3.05, 3.63) is 135 Å². The van der Waals surface area contributed by atoms with Crippen LogP contribution in [0.25, 0.3) is 98.4 Å². The molecule has 0 saturated carbocycles. The van der Waals surface area contributed by atoms with Crippen molar-refractivity contribution in [2.75, 3.05) is 37.8 Å². The van der Waals surface area contributed by atoms with E-state index < -0.39 is 0 Å². The van der Waals surface area contributed by atoms with Crippen LogP contribution in [0.4, 0.5) is 5.82 Å². The molecular formula is C55H44Cl4N10O4S. The minimum atomic E-state index is -0.103. The first-order valence-electron chi connectivity index (χ1n) is 23.8. The summed E-state index contributed by atoms with van der Waals surface area (Å²) in [6.07, 6.45) is 3.79. The number of ether oxygens (including phenoxy) is 2. The van der Waals surface area contributed by atoms with Crippen molar-refractivity contribution in [2.24, 2.45) is 0 Å². The Bertz CT molecular complexity index is 4110. The lowest BCUT2D eigenvalue weighted by Crippen LogP contribution is -2.20. The molecule has 0 unspecified atom stereocenters. The lowest BCUT2D eigenvalue weighted by atomic mass is 10.1. The molecule has 13 aromatic rings. The molecular weight excluding hydrogens is 1040 g/mol. The first kappa shape index (κ1) is 47.7. The Morgan fingerprint density at radius 3 is 1.47 bits per heavy atom. The maximum atomic E-state index is 9.65. The second-order valence-electron chi connectivity index (χ2n) is 17.9. The molecule has 7 aromatic carbocycles. The maximum Gasteiger partial charge on any atom is 0.183 e. The monoisotopic (exact) mass is 1080 g/mol. The molecule has 74 heavy (non-hydrogen) atoms. The summed E-state index contributed by atoms with van der Waals surface area (Å²) in [7, 11) is 0. The number of nitrogens with one attached hydrogen (secondary N) is 6. The van der Waals surface area contributed by atoms with E-state index in [-0.39, 0.29) is 11.5 Å². The van der Waals surface area contributed by atoms with E-state index in [1.807, 2.05) is 78.9 Å². The molecule has 0 saturated heterocycles. The fourth-order valence-electron chi connectivity index (χ4n) is 9.63. The van der Waals surface area contributed by atoms with Gasteiger partial charge in [-0.2, -0.15) is 0 Å². The van der Waals surface area contributed by atoms with E-state index in [4.69, 9.17) is 61.6 Å². The van der Waals surface area contributed by atoms with Crippen LogP contribution in [0.3, 0.4) is 0 Å². The first-order chi connectivity index (χ1) is 36.0. The Kier molecular flexibility index (Phi) is 12.8. The third kappa shape index (κ3) is 9.14. The zero-order valence-corrected chi connectivity index (χ0v) is 42.9. The lowest BCUT2D eigenvalue weighted by molar-refractivity contribution is 0.314. The molecule has 372 valence electrons. The van der Waals surface area contributed by atoms with Gasteiger partial charge in [0.15, 0.2) is 39.6 Å². The number of aromatic hydroxyl groups is 2. The van der Waals surface area contributed by atoms with Crippen LogP contribution in [-0.2, 0) is 6.42 Å². The smallest absolute Gasteiger partial charge is 0.183 e. The van der Waals surface area contributed by atoms with Gasteiger partial charge in [0.05, 0.1) is 35.3 Å². The molecule has 14 nitrogen and oxygen atoms in total. The fraction of sp³-hybridized carbons (Fsp3) is 0.145. The molecule has 0 radical (unpaired) electrons. The van der Waals surface area contributed by atoms with E-state index in [2.05, 4.69) is 57.3 Å². The van der Waals surface area contributed by atoms with Crippen LogP contribution in [0.1, 0.15) is 18.4 Å². The molecule has 10 N–H and O–H groups in total. The second-order valence-corrected chi connectivity index (χ2v) is 20.8. The fourth-order valence-corrected chi connectivity index (χ4v) is 11.1. The molecule has 0 amide bonds. The number of anilines is 1. The van der Waals surface area contributed by atoms with Gasteiger partial charge >= 0.3 is 0 Å². The number of imidazole rings is 1. The molecule has 6 aromatic heterocycles. The number of aromatic amines is 5. The van der Waals surface area contributed by atoms with Crippen LogP contribution < -0.4 is 20.5 Å². The number of benzene rings is 7.